The van der Waals surface area contributed by atoms with E-state index in [2.05, 4.69) is 18.5 Å². The molecule has 0 saturated heterocycles. The van der Waals surface area contributed by atoms with E-state index in [0.29, 0.717) is 0 Å². The van der Waals surface area contributed by atoms with Gasteiger partial charge < -0.3 is 11.1 Å². The van der Waals surface area contributed by atoms with E-state index in [1.54, 1.807) is 0 Å². The van der Waals surface area contributed by atoms with Crippen LogP contribution < -0.4 is 11.1 Å². The number of rotatable bonds is 4. The van der Waals surface area contributed by atoms with Gasteiger partial charge in [0.15, 0.2) is 0 Å². The van der Waals surface area contributed by atoms with E-state index < -0.39 is 0 Å². The molecule has 3 heteroatoms. The van der Waals surface area contributed by atoms with Crippen LogP contribution in [0.4, 0.5) is 11.4 Å². The molecule has 0 bridgehead atoms. The van der Waals surface area contributed by atoms with Crippen LogP contribution in [0.1, 0.15) is 5.56 Å². The molecule has 72 valence electrons. The monoisotopic (exact) mass is 196 g/mol. The average Bonchev–Trinajstić information content (AvgIpc) is 2.09. The summed E-state index contributed by atoms with van der Waals surface area (Å²) in [6.45, 7) is 3.07. The summed E-state index contributed by atoms with van der Waals surface area (Å²) in [6, 6.07) is 5.95. The van der Waals surface area contributed by atoms with Crippen molar-refractivity contribution in [2.75, 3.05) is 29.6 Å². The third kappa shape index (κ3) is 3.19. The van der Waals surface area contributed by atoms with Crippen LogP contribution in [0.5, 0.6) is 0 Å². The van der Waals surface area contributed by atoms with E-state index >= 15 is 0 Å². The molecule has 2 nitrogen and oxygen atoms in total. The first-order chi connectivity index (χ1) is 6.24. The minimum atomic E-state index is 0.827. The van der Waals surface area contributed by atoms with Gasteiger partial charge in [-0.1, -0.05) is 0 Å². The zero-order chi connectivity index (χ0) is 9.68. The number of hydrogen-bond acceptors (Lipinski definition) is 3. The Morgan fingerprint density at radius 3 is 2.85 bits per heavy atom. The second-order valence-electron chi connectivity index (χ2n) is 2.99. The molecule has 0 saturated carbocycles. The van der Waals surface area contributed by atoms with Crippen molar-refractivity contribution in [2.24, 2.45) is 0 Å². The van der Waals surface area contributed by atoms with Crippen LogP contribution in [0.25, 0.3) is 0 Å². The lowest BCUT2D eigenvalue weighted by Crippen LogP contribution is -2.05. The molecule has 1 rings (SSSR count). The second kappa shape index (κ2) is 5.02. The van der Waals surface area contributed by atoms with Gasteiger partial charge >= 0.3 is 0 Å². The molecule has 1 aromatic rings. The molecule has 0 aliphatic rings. The Hall–Kier alpha value is -0.830. The molecule has 0 spiro atoms. The number of nitrogens with two attached hydrogens (primary N) is 1. The van der Waals surface area contributed by atoms with Gasteiger partial charge in [0.25, 0.3) is 0 Å². The van der Waals surface area contributed by atoms with E-state index in [0.717, 1.165) is 18.0 Å². The quantitative estimate of drug-likeness (QED) is 0.573. The van der Waals surface area contributed by atoms with Gasteiger partial charge in [-0.25, -0.2) is 0 Å². The summed E-state index contributed by atoms with van der Waals surface area (Å²) in [5, 5.41) is 3.36. The number of nitrogens with one attached hydrogen (secondary N) is 1. The minimum Gasteiger partial charge on any atom is -0.399 e. The Balaban J connectivity index is 2.56. The highest BCUT2D eigenvalue weighted by atomic mass is 32.2. The molecule has 0 unspecified atom stereocenters. The molecule has 13 heavy (non-hydrogen) atoms. The largest absolute Gasteiger partial charge is 0.399 e. The van der Waals surface area contributed by atoms with E-state index in [1.807, 2.05) is 30.0 Å². The van der Waals surface area contributed by atoms with Crippen LogP contribution in [0.2, 0.25) is 0 Å². The molecule has 3 N–H and O–H groups in total. The van der Waals surface area contributed by atoms with Crippen molar-refractivity contribution >= 4 is 23.1 Å². The normalized spacial score (nSPS) is 10.0. The molecule has 0 aliphatic heterocycles. The molecule has 0 amide bonds. The molecule has 0 heterocycles. The number of nitrogen functional groups attached to an aromatic ring is 1. The van der Waals surface area contributed by atoms with E-state index in [9.17, 15) is 0 Å². The molecule has 1 aromatic carbocycles. The first-order valence-electron chi connectivity index (χ1n) is 4.33. The minimum absolute atomic E-state index is 0.827. The average molecular weight is 196 g/mol. The van der Waals surface area contributed by atoms with Crippen LogP contribution in [-0.4, -0.2) is 18.6 Å². The maximum absolute atomic E-state index is 5.65. The molecule has 0 radical (unpaired) electrons. The van der Waals surface area contributed by atoms with Crippen molar-refractivity contribution in [3.8, 4) is 0 Å². The van der Waals surface area contributed by atoms with Crippen molar-refractivity contribution < 1.29 is 0 Å². The van der Waals surface area contributed by atoms with E-state index in [-0.39, 0.29) is 0 Å². The highest BCUT2D eigenvalue weighted by Gasteiger charge is 1.96. The fraction of sp³-hybridized carbons (Fsp3) is 0.400. The zero-order valence-electron chi connectivity index (χ0n) is 8.13. The Kier molecular flexibility index (Phi) is 3.96. The highest BCUT2D eigenvalue weighted by Crippen LogP contribution is 2.17. The van der Waals surface area contributed by atoms with Gasteiger partial charge in [-0.3, -0.25) is 0 Å². The lowest BCUT2D eigenvalue weighted by atomic mass is 10.2. The number of thioether (sulfide) groups is 1. The number of benzene rings is 1. The predicted octanol–water partition coefficient (Wildman–Crippen LogP) is 2.35. The Morgan fingerprint density at radius 1 is 1.46 bits per heavy atom. The summed E-state index contributed by atoms with van der Waals surface area (Å²) in [5.74, 6) is 1.13. The molecule has 0 aromatic heterocycles. The molecule has 0 aliphatic carbocycles. The SMILES string of the molecule is CSCCNc1ccc(N)cc1C. The second-order valence-corrected chi connectivity index (χ2v) is 3.98. The van der Waals surface area contributed by atoms with Crippen molar-refractivity contribution in [3.05, 3.63) is 23.8 Å². The van der Waals surface area contributed by atoms with Gasteiger partial charge in [0.1, 0.15) is 0 Å². The van der Waals surface area contributed by atoms with Gasteiger partial charge in [-0.05, 0) is 36.9 Å². The topological polar surface area (TPSA) is 38.0 Å². The fourth-order valence-corrected chi connectivity index (χ4v) is 1.48. The maximum Gasteiger partial charge on any atom is 0.0371 e. The van der Waals surface area contributed by atoms with Crippen LogP contribution >= 0.6 is 11.8 Å². The van der Waals surface area contributed by atoms with Gasteiger partial charge in [0.2, 0.25) is 0 Å². The fourth-order valence-electron chi connectivity index (χ4n) is 1.17. The Morgan fingerprint density at radius 2 is 2.23 bits per heavy atom. The highest BCUT2D eigenvalue weighted by molar-refractivity contribution is 7.98. The summed E-state index contributed by atoms with van der Waals surface area (Å²) < 4.78 is 0. The van der Waals surface area contributed by atoms with Gasteiger partial charge in [0, 0.05) is 23.7 Å². The number of aryl methyl sites for hydroxylation is 1. The number of hydrogen-bond donors (Lipinski definition) is 2. The van der Waals surface area contributed by atoms with Crippen molar-refractivity contribution in [3.63, 3.8) is 0 Å². The lowest BCUT2D eigenvalue weighted by molar-refractivity contribution is 1.22. The predicted molar refractivity (Wildman–Crippen MR) is 62.5 cm³/mol. The first kappa shape index (κ1) is 10.3. The van der Waals surface area contributed by atoms with Crippen molar-refractivity contribution in [1.82, 2.24) is 0 Å². The smallest absolute Gasteiger partial charge is 0.0371 e. The summed E-state index contributed by atoms with van der Waals surface area (Å²) in [7, 11) is 0. The van der Waals surface area contributed by atoms with Gasteiger partial charge in [-0.15, -0.1) is 0 Å². The summed E-state index contributed by atoms with van der Waals surface area (Å²) >= 11 is 1.84. The third-order valence-electron chi connectivity index (χ3n) is 1.87. The van der Waals surface area contributed by atoms with E-state index in [1.165, 1.54) is 11.3 Å². The Bertz CT molecular complexity index is 274. The lowest BCUT2D eigenvalue weighted by Gasteiger charge is -2.08. The van der Waals surface area contributed by atoms with E-state index in [4.69, 9.17) is 5.73 Å². The first-order valence-corrected chi connectivity index (χ1v) is 5.72. The van der Waals surface area contributed by atoms with Crippen LogP contribution in [-0.2, 0) is 0 Å². The van der Waals surface area contributed by atoms with Crippen molar-refractivity contribution in [2.45, 2.75) is 6.92 Å². The van der Waals surface area contributed by atoms with Crippen LogP contribution in [0, 0.1) is 6.92 Å². The molecular weight excluding hydrogens is 180 g/mol. The zero-order valence-corrected chi connectivity index (χ0v) is 8.95. The van der Waals surface area contributed by atoms with Crippen LogP contribution in [0.15, 0.2) is 18.2 Å². The molecule has 0 atom stereocenters. The summed E-state index contributed by atoms with van der Waals surface area (Å²) in [5.41, 5.74) is 8.87. The standard InChI is InChI=1S/C10H16N2S/c1-8-7-9(11)3-4-10(8)12-5-6-13-2/h3-4,7,12H,5-6,11H2,1-2H3. The van der Waals surface area contributed by atoms with Crippen LogP contribution in [0.3, 0.4) is 0 Å². The summed E-state index contributed by atoms with van der Waals surface area (Å²) in [4.78, 5) is 0. The molecule has 0 fully saturated rings. The maximum atomic E-state index is 5.65. The summed E-state index contributed by atoms with van der Waals surface area (Å²) in [6.07, 6.45) is 2.11. The Labute approximate surface area is 83.9 Å². The van der Waals surface area contributed by atoms with Gasteiger partial charge in [-0.2, -0.15) is 11.8 Å². The van der Waals surface area contributed by atoms with Gasteiger partial charge in [0.05, 0.1) is 0 Å². The molecular formula is C10H16N2S. The van der Waals surface area contributed by atoms with Crippen molar-refractivity contribution in [1.29, 1.82) is 0 Å². The number of anilines is 2. The third-order valence-corrected chi connectivity index (χ3v) is 2.48.